The van der Waals surface area contributed by atoms with E-state index in [0.29, 0.717) is 6.61 Å². The summed E-state index contributed by atoms with van der Waals surface area (Å²) in [4.78, 5) is 11.1. The fourth-order valence-corrected chi connectivity index (χ4v) is 7.73. The Kier molecular flexibility index (Phi) is 5.55. The zero-order valence-electron chi connectivity index (χ0n) is 14.5. The van der Waals surface area contributed by atoms with Crippen LogP contribution in [0.3, 0.4) is 0 Å². The number of rotatable bonds is 6. The van der Waals surface area contributed by atoms with Gasteiger partial charge < -0.3 is 9.22 Å². The van der Waals surface area contributed by atoms with Gasteiger partial charge in [-0.1, -0.05) is 88.4 Å². The molecule has 0 saturated heterocycles. The highest BCUT2D eigenvalue weighted by Gasteiger charge is 2.50. The van der Waals surface area contributed by atoms with Crippen molar-refractivity contribution < 1.29 is 9.22 Å². The van der Waals surface area contributed by atoms with E-state index in [2.05, 4.69) is 69.3 Å². The minimum absolute atomic E-state index is 0.0433. The average Bonchev–Trinajstić information content (AvgIpc) is 2.56. The van der Waals surface area contributed by atoms with Gasteiger partial charge in [-0.05, 0) is 15.4 Å². The molecule has 122 valence electrons. The van der Waals surface area contributed by atoms with Crippen LogP contribution in [-0.4, -0.2) is 21.2 Å². The SMILES string of the molecule is C[C@H](C=O)CO[Si](c1ccccc1)(c1ccccc1)C(C)(C)C. The Balaban J connectivity index is 2.62. The van der Waals surface area contributed by atoms with E-state index >= 15 is 0 Å². The molecule has 0 N–H and O–H groups in total. The molecule has 1 atom stereocenters. The fourth-order valence-electron chi connectivity index (χ4n) is 3.06. The van der Waals surface area contributed by atoms with Gasteiger partial charge in [0, 0.05) is 12.5 Å². The molecular weight excluding hydrogens is 300 g/mol. The monoisotopic (exact) mass is 326 g/mol. The van der Waals surface area contributed by atoms with Gasteiger partial charge in [0.1, 0.15) is 6.29 Å². The van der Waals surface area contributed by atoms with Crippen LogP contribution in [0.25, 0.3) is 0 Å². The Hall–Kier alpha value is -1.71. The third-order valence-electron chi connectivity index (χ3n) is 4.21. The zero-order chi connectivity index (χ0) is 16.9. The first-order valence-corrected chi connectivity index (χ1v) is 10.0. The van der Waals surface area contributed by atoms with Gasteiger partial charge in [0.2, 0.25) is 0 Å². The van der Waals surface area contributed by atoms with Gasteiger partial charge in [-0.2, -0.15) is 0 Å². The van der Waals surface area contributed by atoms with Crippen LogP contribution in [-0.2, 0) is 9.22 Å². The molecule has 23 heavy (non-hydrogen) atoms. The van der Waals surface area contributed by atoms with Crippen LogP contribution in [0.15, 0.2) is 60.7 Å². The first-order chi connectivity index (χ1) is 10.9. The Morgan fingerprint density at radius 2 is 1.39 bits per heavy atom. The van der Waals surface area contributed by atoms with Crippen molar-refractivity contribution in [3.63, 3.8) is 0 Å². The molecule has 0 bridgehead atoms. The quantitative estimate of drug-likeness (QED) is 0.601. The molecule has 0 spiro atoms. The van der Waals surface area contributed by atoms with E-state index in [1.54, 1.807) is 0 Å². The Labute approximate surface area is 140 Å². The van der Waals surface area contributed by atoms with Crippen molar-refractivity contribution in [2.75, 3.05) is 6.61 Å². The predicted molar refractivity (Wildman–Crippen MR) is 98.8 cm³/mol. The Morgan fingerprint density at radius 1 is 0.957 bits per heavy atom. The highest BCUT2D eigenvalue weighted by atomic mass is 28.4. The van der Waals surface area contributed by atoms with Gasteiger partial charge in [-0.3, -0.25) is 0 Å². The topological polar surface area (TPSA) is 26.3 Å². The molecular formula is C20H26O2Si. The Morgan fingerprint density at radius 3 is 1.74 bits per heavy atom. The lowest BCUT2D eigenvalue weighted by atomic mass is 10.2. The first-order valence-electron chi connectivity index (χ1n) is 8.12. The molecule has 0 aliphatic rings. The summed E-state index contributed by atoms with van der Waals surface area (Å²) in [5, 5.41) is 2.45. The van der Waals surface area contributed by atoms with Crippen molar-refractivity contribution in [2.45, 2.75) is 32.7 Å². The molecule has 0 unspecified atom stereocenters. The van der Waals surface area contributed by atoms with Gasteiger partial charge in [0.25, 0.3) is 8.32 Å². The van der Waals surface area contributed by atoms with Crippen molar-refractivity contribution >= 4 is 25.0 Å². The molecule has 2 nitrogen and oxygen atoms in total. The summed E-state index contributed by atoms with van der Waals surface area (Å²) in [6.45, 7) is 9.09. The number of benzene rings is 2. The number of carbonyl (C=O) groups is 1. The van der Waals surface area contributed by atoms with Gasteiger partial charge in [0.05, 0.1) is 0 Å². The maximum Gasteiger partial charge on any atom is 0.261 e. The number of hydrogen-bond donors (Lipinski definition) is 0. The van der Waals surface area contributed by atoms with Crippen LogP contribution in [0.4, 0.5) is 0 Å². The van der Waals surface area contributed by atoms with Crippen LogP contribution in [0.5, 0.6) is 0 Å². The van der Waals surface area contributed by atoms with Crippen LogP contribution in [0, 0.1) is 5.92 Å². The standard InChI is InChI=1S/C20H26O2Si/c1-17(15-21)16-22-23(20(2,3)4,18-11-7-5-8-12-18)19-13-9-6-10-14-19/h5-15,17H,16H2,1-4H3/t17-/m1/s1. The largest absolute Gasteiger partial charge is 0.407 e. The fraction of sp³-hybridized carbons (Fsp3) is 0.350. The number of carbonyl (C=O) groups excluding carboxylic acids is 1. The molecule has 0 aromatic heterocycles. The van der Waals surface area contributed by atoms with Gasteiger partial charge in [0.15, 0.2) is 0 Å². The molecule has 2 rings (SSSR count). The summed E-state index contributed by atoms with van der Waals surface area (Å²) in [6, 6.07) is 21.0. The lowest BCUT2D eigenvalue weighted by Gasteiger charge is -2.43. The third kappa shape index (κ3) is 3.62. The van der Waals surface area contributed by atoms with E-state index in [1.807, 2.05) is 19.1 Å². The van der Waals surface area contributed by atoms with Gasteiger partial charge >= 0.3 is 0 Å². The minimum Gasteiger partial charge on any atom is -0.407 e. The molecule has 0 aliphatic heterocycles. The normalized spacial score (nSPS) is 13.6. The van der Waals surface area contributed by atoms with Crippen LogP contribution >= 0.6 is 0 Å². The summed E-state index contributed by atoms with van der Waals surface area (Å²) >= 11 is 0. The Bertz CT molecular complexity index is 578. The summed E-state index contributed by atoms with van der Waals surface area (Å²) in [5.41, 5.74) is 0. The molecule has 3 heteroatoms. The summed E-state index contributed by atoms with van der Waals surface area (Å²) in [7, 11) is -2.49. The maximum absolute atomic E-state index is 11.1. The molecule has 0 saturated carbocycles. The lowest BCUT2D eigenvalue weighted by Crippen LogP contribution is -2.66. The molecule has 2 aromatic rings. The number of aldehydes is 1. The summed E-state index contributed by atoms with van der Waals surface area (Å²) in [5.74, 6) is -0.100. The van der Waals surface area contributed by atoms with E-state index in [4.69, 9.17) is 4.43 Å². The highest BCUT2D eigenvalue weighted by Crippen LogP contribution is 2.36. The highest BCUT2D eigenvalue weighted by molar-refractivity contribution is 6.99. The van der Waals surface area contributed by atoms with E-state index in [-0.39, 0.29) is 11.0 Å². The lowest BCUT2D eigenvalue weighted by molar-refractivity contribution is -0.111. The molecule has 0 radical (unpaired) electrons. The summed E-state index contributed by atoms with van der Waals surface area (Å²) < 4.78 is 6.63. The molecule has 2 aromatic carbocycles. The van der Waals surface area contributed by atoms with E-state index in [0.717, 1.165) is 6.29 Å². The second-order valence-electron chi connectivity index (χ2n) is 7.09. The van der Waals surface area contributed by atoms with Gasteiger partial charge in [-0.15, -0.1) is 0 Å². The molecule has 0 heterocycles. The van der Waals surface area contributed by atoms with Crippen LogP contribution < -0.4 is 10.4 Å². The second-order valence-corrected chi connectivity index (χ2v) is 11.4. The van der Waals surface area contributed by atoms with E-state index in [9.17, 15) is 4.79 Å². The van der Waals surface area contributed by atoms with Crippen molar-refractivity contribution in [3.8, 4) is 0 Å². The molecule has 0 fully saturated rings. The van der Waals surface area contributed by atoms with Gasteiger partial charge in [-0.25, -0.2) is 0 Å². The molecule has 0 aliphatic carbocycles. The van der Waals surface area contributed by atoms with Crippen LogP contribution in [0.1, 0.15) is 27.7 Å². The van der Waals surface area contributed by atoms with Crippen molar-refractivity contribution in [3.05, 3.63) is 60.7 Å². The predicted octanol–water partition coefficient (Wildman–Crippen LogP) is 3.40. The molecule has 0 amide bonds. The average molecular weight is 327 g/mol. The zero-order valence-corrected chi connectivity index (χ0v) is 15.5. The van der Waals surface area contributed by atoms with Crippen molar-refractivity contribution in [2.24, 2.45) is 5.92 Å². The minimum atomic E-state index is -2.49. The van der Waals surface area contributed by atoms with Crippen molar-refractivity contribution in [1.29, 1.82) is 0 Å². The van der Waals surface area contributed by atoms with E-state index in [1.165, 1.54) is 10.4 Å². The van der Waals surface area contributed by atoms with E-state index < -0.39 is 8.32 Å². The third-order valence-corrected chi connectivity index (χ3v) is 9.22. The smallest absolute Gasteiger partial charge is 0.261 e. The second kappa shape index (κ2) is 7.24. The maximum atomic E-state index is 11.1. The first kappa shape index (κ1) is 17.6. The van der Waals surface area contributed by atoms with Crippen molar-refractivity contribution in [1.82, 2.24) is 0 Å². The summed E-state index contributed by atoms with van der Waals surface area (Å²) in [6.07, 6.45) is 0.970. The number of hydrogen-bond acceptors (Lipinski definition) is 2. The van der Waals surface area contributed by atoms with Crippen LogP contribution in [0.2, 0.25) is 5.04 Å².